The van der Waals surface area contributed by atoms with E-state index in [9.17, 15) is 30.0 Å². The van der Waals surface area contributed by atoms with Crippen molar-refractivity contribution < 1.29 is 49.0 Å². The molecule has 0 aromatic carbocycles. The van der Waals surface area contributed by atoms with Crippen LogP contribution in [0.3, 0.4) is 0 Å². The first-order chi connectivity index (χ1) is 26.8. The van der Waals surface area contributed by atoms with Crippen LogP contribution in [0.1, 0.15) is 219 Å². The van der Waals surface area contributed by atoms with Crippen LogP contribution in [-0.2, 0) is 28.5 Å². The predicted octanol–water partition coefficient (Wildman–Crippen LogP) is 9.78. The van der Waals surface area contributed by atoms with E-state index in [-0.39, 0.29) is 32.0 Å². The molecule has 2 unspecified atom stereocenters. The van der Waals surface area contributed by atoms with Crippen LogP contribution in [0.15, 0.2) is 0 Å². The molecule has 0 aromatic heterocycles. The zero-order valence-electron chi connectivity index (χ0n) is 35.5. The Kier molecular flexibility index (Phi) is 34.8. The molecule has 1 heterocycles. The Morgan fingerprint density at radius 3 is 1.24 bits per heavy atom. The third kappa shape index (κ3) is 28.7. The molecule has 10 heteroatoms. The fraction of sp³-hybridized carbons (Fsp3) is 0.956. The third-order valence-electron chi connectivity index (χ3n) is 11.0. The molecule has 4 N–H and O–H groups in total. The molecule has 1 saturated heterocycles. The lowest BCUT2D eigenvalue weighted by molar-refractivity contribution is -0.305. The van der Waals surface area contributed by atoms with E-state index in [2.05, 4.69) is 13.8 Å². The molecule has 1 aliphatic rings. The fourth-order valence-corrected chi connectivity index (χ4v) is 7.31. The van der Waals surface area contributed by atoms with Crippen molar-refractivity contribution in [1.29, 1.82) is 0 Å². The van der Waals surface area contributed by atoms with Gasteiger partial charge in [0.1, 0.15) is 31.0 Å². The highest BCUT2D eigenvalue weighted by Gasteiger charge is 2.44. The number of esters is 2. The van der Waals surface area contributed by atoms with Crippen molar-refractivity contribution in [2.45, 2.75) is 256 Å². The maximum Gasteiger partial charge on any atom is 0.306 e. The molecule has 0 aliphatic carbocycles. The number of hydrogen-bond donors (Lipinski definition) is 4. The lowest BCUT2D eigenvalue weighted by Gasteiger charge is -2.39. The maximum atomic E-state index is 12.8. The first-order valence-electron chi connectivity index (χ1n) is 23.1. The molecule has 55 heavy (non-hydrogen) atoms. The van der Waals surface area contributed by atoms with Crippen molar-refractivity contribution in [3.05, 3.63) is 0 Å². The summed E-state index contributed by atoms with van der Waals surface area (Å²) >= 11 is 0. The molecule has 0 radical (unpaired) electrons. The minimum atomic E-state index is -1.59. The van der Waals surface area contributed by atoms with E-state index in [1.165, 1.54) is 148 Å². The van der Waals surface area contributed by atoms with Gasteiger partial charge < -0.3 is 39.4 Å². The topological polar surface area (TPSA) is 152 Å². The van der Waals surface area contributed by atoms with Crippen LogP contribution in [0.25, 0.3) is 0 Å². The Morgan fingerprint density at radius 1 is 0.491 bits per heavy atom. The molecular formula is C45H86O10. The summed E-state index contributed by atoms with van der Waals surface area (Å²) in [6.07, 6.45) is 29.6. The number of carbonyl (C=O) groups excluding carboxylic acids is 2. The molecular weight excluding hydrogens is 700 g/mol. The lowest BCUT2D eigenvalue weighted by atomic mass is 9.99. The second kappa shape index (κ2) is 37.0. The molecule has 6 atom stereocenters. The van der Waals surface area contributed by atoms with Crippen molar-refractivity contribution in [2.24, 2.45) is 0 Å². The molecule has 0 spiro atoms. The summed E-state index contributed by atoms with van der Waals surface area (Å²) in [5, 5.41) is 40.1. The summed E-state index contributed by atoms with van der Waals surface area (Å²) in [5.41, 5.74) is 0. The molecule has 326 valence electrons. The van der Waals surface area contributed by atoms with Crippen molar-refractivity contribution in [1.82, 2.24) is 0 Å². The molecule has 0 aromatic rings. The Morgan fingerprint density at radius 2 is 0.855 bits per heavy atom. The first-order valence-corrected chi connectivity index (χ1v) is 23.1. The summed E-state index contributed by atoms with van der Waals surface area (Å²) < 4.78 is 22.2. The Hall–Kier alpha value is -1.30. The molecule has 1 aliphatic heterocycles. The Balaban J connectivity index is 2.30. The van der Waals surface area contributed by atoms with Crippen LogP contribution >= 0.6 is 0 Å². The second-order valence-corrected chi connectivity index (χ2v) is 16.2. The third-order valence-corrected chi connectivity index (χ3v) is 11.0. The van der Waals surface area contributed by atoms with E-state index in [4.69, 9.17) is 18.9 Å². The molecule has 0 saturated carbocycles. The quantitative estimate of drug-likeness (QED) is 0.0350. The Bertz CT molecular complexity index is 871. The zero-order chi connectivity index (χ0) is 40.2. The largest absolute Gasteiger partial charge is 0.462 e. The number of carbonyl (C=O) groups is 2. The maximum absolute atomic E-state index is 12.8. The Labute approximate surface area is 336 Å². The molecule has 1 rings (SSSR count). The number of unbranched alkanes of at least 4 members (excludes halogenated alkanes) is 28. The van der Waals surface area contributed by atoms with Gasteiger partial charge in [-0.2, -0.15) is 0 Å². The van der Waals surface area contributed by atoms with Crippen molar-refractivity contribution in [3.8, 4) is 0 Å². The summed E-state index contributed by atoms with van der Waals surface area (Å²) in [4.78, 5) is 25.3. The average molecular weight is 787 g/mol. The fourth-order valence-electron chi connectivity index (χ4n) is 7.31. The first kappa shape index (κ1) is 51.7. The molecule has 10 nitrogen and oxygen atoms in total. The predicted molar refractivity (Wildman–Crippen MR) is 220 cm³/mol. The number of hydrogen-bond acceptors (Lipinski definition) is 10. The van der Waals surface area contributed by atoms with Crippen LogP contribution in [0.4, 0.5) is 0 Å². The SMILES string of the molecule is CCCCCCCCCCCCCCCCCCC(=O)OC[C@@H](CO[C@H]1O[C@@H](CO)[C@@H](O)C(O)C1O)OC(=O)CCCCCCCCCCCCCCCC. The second-order valence-electron chi connectivity index (χ2n) is 16.2. The van der Waals surface area contributed by atoms with Crippen molar-refractivity contribution in [3.63, 3.8) is 0 Å². The number of aliphatic hydroxyl groups excluding tert-OH is 4. The van der Waals surface area contributed by atoms with Gasteiger partial charge in [-0.1, -0.05) is 194 Å². The van der Waals surface area contributed by atoms with Gasteiger partial charge in [0.2, 0.25) is 0 Å². The van der Waals surface area contributed by atoms with Gasteiger partial charge in [0.25, 0.3) is 0 Å². The highest BCUT2D eigenvalue weighted by Crippen LogP contribution is 2.23. The van der Waals surface area contributed by atoms with E-state index in [1.807, 2.05) is 0 Å². The minimum Gasteiger partial charge on any atom is -0.462 e. The monoisotopic (exact) mass is 787 g/mol. The van der Waals surface area contributed by atoms with Crippen LogP contribution < -0.4 is 0 Å². The van der Waals surface area contributed by atoms with Gasteiger partial charge in [-0.05, 0) is 12.8 Å². The van der Waals surface area contributed by atoms with Gasteiger partial charge in [-0.25, -0.2) is 0 Å². The van der Waals surface area contributed by atoms with E-state index >= 15 is 0 Å². The van der Waals surface area contributed by atoms with Gasteiger partial charge in [0.15, 0.2) is 12.4 Å². The minimum absolute atomic E-state index is 0.209. The summed E-state index contributed by atoms with van der Waals surface area (Å²) in [5.74, 6) is -0.790. The van der Waals surface area contributed by atoms with Crippen molar-refractivity contribution >= 4 is 11.9 Å². The summed E-state index contributed by atoms with van der Waals surface area (Å²) in [7, 11) is 0. The molecule has 0 amide bonds. The van der Waals surface area contributed by atoms with Gasteiger partial charge in [0.05, 0.1) is 13.2 Å². The molecule has 1 fully saturated rings. The van der Waals surface area contributed by atoms with Crippen LogP contribution in [-0.4, -0.2) is 89.0 Å². The van der Waals surface area contributed by atoms with Gasteiger partial charge in [-0.15, -0.1) is 0 Å². The normalized spacial score (nSPS) is 20.4. The van der Waals surface area contributed by atoms with Crippen LogP contribution in [0, 0.1) is 0 Å². The van der Waals surface area contributed by atoms with E-state index < -0.39 is 49.4 Å². The standard InChI is InChI=1S/C45H86O10/c1-3-5-7-9-11-13-15-17-19-20-22-23-25-27-29-31-33-40(47)52-36-38(37-53-45-44(51)43(50)42(49)39(35-46)55-45)54-41(48)34-32-30-28-26-24-21-18-16-14-12-10-8-6-4-2/h38-39,42-46,49-51H,3-37H2,1-2H3/t38-,39-,42+,43?,44?,45-/m0/s1. The van der Waals surface area contributed by atoms with Crippen LogP contribution in [0.5, 0.6) is 0 Å². The van der Waals surface area contributed by atoms with E-state index in [0.717, 1.165) is 38.5 Å². The van der Waals surface area contributed by atoms with E-state index in [0.29, 0.717) is 6.42 Å². The zero-order valence-corrected chi connectivity index (χ0v) is 35.5. The smallest absolute Gasteiger partial charge is 0.306 e. The van der Waals surface area contributed by atoms with E-state index in [1.54, 1.807) is 0 Å². The lowest BCUT2D eigenvalue weighted by Crippen LogP contribution is -2.59. The highest BCUT2D eigenvalue weighted by molar-refractivity contribution is 5.70. The molecule has 0 bridgehead atoms. The number of aliphatic hydroxyl groups is 4. The number of ether oxygens (including phenoxy) is 4. The average Bonchev–Trinajstić information content (AvgIpc) is 3.18. The summed E-state index contributed by atoms with van der Waals surface area (Å²) in [6, 6.07) is 0. The van der Waals surface area contributed by atoms with Gasteiger partial charge in [0, 0.05) is 12.8 Å². The number of rotatable bonds is 39. The van der Waals surface area contributed by atoms with Gasteiger partial charge >= 0.3 is 11.9 Å². The van der Waals surface area contributed by atoms with Gasteiger partial charge in [-0.3, -0.25) is 9.59 Å². The summed E-state index contributed by atoms with van der Waals surface area (Å²) in [6.45, 7) is 3.45. The highest BCUT2D eigenvalue weighted by atomic mass is 16.7. The van der Waals surface area contributed by atoms with Crippen LogP contribution in [0.2, 0.25) is 0 Å². The van der Waals surface area contributed by atoms with Crippen molar-refractivity contribution in [2.75, 3.05) is 19.8 Å².